The quantitative estimate of drug-likeness (QED) is 0.176. The summed E-state index contributed by atoms with van der Waals surface area (Å²) >= 11 is 0. The summed E-state index contributed by atoms with van der Waals surface area (Å²) in [6.45, 7) is 4.80. The van der Waals surface area contributed by atoms with Crippen molar-refractivity contribution >= 4 is 27.5 Å². The van der Waals surface area contributed by atoms with E-state index in [1.54, 1.807) is 42.5 Å². The predicted molar refractivity (Wildman–Crippen MR) is 188 cm³/mol. The Morgan fingerprint density at radius 3 is 2.08 bits per heavy atom. The number of aryl methyl sites for hydroxylation is 3. The Balaban J connectivity index is 1.59. The molecule has 1 atom stereocenters. The summed E-state index contributed by atoms with van der Waals surface area (Å²) in [6, 6.07) is 26.3. The average Bonchev–Trinajstić information content (AvgIpc) is 3.06. The minimum Gasteiger partial charge on any atom is -0.352 e. The van der Waals surface area contributed by atoms with Gasteiger partial charge in [0.25, 0.3) is 10.0 Å². The van der Waals surface area contributed by atoms with Crippen molar-refractivity contribution in [2.24, 2.45) is 0 Å². The Kier molecular flexibility index (Phi) is 11.3. The van der Waals surface area contributed by atoms with Crippen molar-refractivity contribution in [1.82, 2.24) is 10.2 Å². The Hall–Kier alpha value is -4.50. The number of hydrogen-bond donors (Lipinski definition) is 1. The highest BCUT2D eigenvalue weighted by Crippen LogP contribution is 2.28. The van der Waals surface area contributed by atoms with Crippen LogP contribution in [0.2, 0.25) is 0 Å². The summed E-state index contributed by atoms with van der Waals surface area (Å²) in [7, 11) is -4.23. The number of carbonyl (C=O) groups excluding carboxylic acids is 2. The van der Waals surface area contributed by atoms with E-state index in [9.17, 15) is 18.0 Å². The maximum atomic E-state index is 15.2. The first-order chi connectivity index (χ1) is 23.0. The fourth-order valence-corrected chi connectivity index (χ4v) is 7.77. The highest BCUT2D eigenvalue weighted by Gasteiger charge is 2.36. The standard InChI is InChI=1S/C39H44FN3O4S/c1-28-18-20-35(21-19-28)48(46,47)43(34-23-29(2)22-30(3)24-34)27-38(44)42(26-32-14-10-11-17-36(32)40)37(25-31-12-6-4-7-13-31)39(45)41-33-15-8-5-9-16-33/h4,6-7,10-14,17-24,33,37H,5,8-9,15-16,25-27H2,1-3H3,(H,41,45)/t37-/m0/s1. The summed E-state index contributed by atoms with van der Waals surface area (Å²) in [5.74, 6) is -1.47. The van der Waals surface area contributed by atoms with Gasteiger partial charge >= 0.3 is 0 Å². The van der Waals surface area contributed by atoms with Gasteiger partial charge in [-0.25, -0.2) is 12.8 Å². The van der Waals surface area contributed by atoms with E-state index in [4.69, 9.17) is 0 Å². The summed E-state index contributed by atoms with van der Waals surface area (Å²) in [4.78, 5) is 30.3. The maximum Gasteiger partial charge on any atom is 0.264 e. The summed E-state index contributed by atoms with van der Waals surface area (Å²) in [5.41, 5.74) is 3.95. The van der Waals surface area contributed by atoms with Crippen LogP contribution in [0.25, 0.3) is 0 Å². The van der Waals surface area contributed by atoms with Crippen LogP contribution >= 0.6 is 0 Å². The highest BCUT2D eigenvalue weighted by atomic mass is 32.2. The van der Waals surface area contributed by atoms with Gasteiger partial charge in [-0.05, 0) is 80.6 Å². The fourth-order valence-electron chi connectivity index (χ4n) is 6.37. The number of hydrogen-bond acceptors (Lipinski definition) is 4. The number of sulfonamides is 1. The zero-order valence-electron chi connectivity index (χ0n) is 27.9. The molecule has 1 saturated carbocycles. The molecule has 7 nitrogen and oxygen atoms in total. The molecule has 252 valence electrons. The van der Waals surface area contributed by atoms with Gasteiger partial charge in [-0.1, -0.05) is 91.6 Å². The first kappa shape index (κ1) is 34.8. The van der Waals surface area contributed by atoms with Gasteiger partial charge in [-0.3, -0.25) is 13.9 Å². The molecule has 0 aliphatic heterocycles. The van der Waals surface area contributed by atoms with E-state index in [0.717, 1.165) is 58.7 Å². The van der Waals surface area contributed by atoms with Crippen LogP contribution in [0.5, 0.6) is 0 Å². The number of nitrogens with one attached hydrogen (secondary N) is 1. The maximum absolute atomic E-state index is 15.2. The van der Waals surface area contributed by atoms with E-state index in [2.05, 4.69) is 5.32 Å². The van der Waals surface area contributed by atoms with Gasteiger partial charge < -0.3 is 10.2 Å². The normalized spacial score (nSPS) is 14.2. The lowest BCUT2D eigenvalue weighted by Crippen LogP contribution is -2.55. The van der Waals surface area contributed by atoms with Crippen LogP contribution in [0.3, 0.4) is 0 Å². The Morgan fingerprint density at radius 2 is 1.44 bits per heavy atom. The summed E-state index contributed by atoms with van der Waals surface area (Å²) in [6.07, 6.45) is 5.00. The van der Waals surface area contributed by atoms with Gasteiger partial charge in [0.05, 0.1) is 10.6 Å². The molecule has 1 aliphatic carbocycles. The number of benzene rings is 4. The molecule has 0 unspecified atom stereocenters. The Bertz CT molecular complexity index is 1800. The Labute approximate surface area is 283 Å². The van der Waals surface area contributed by atoms with Crippen LogP contribution in [0.4, 0.5) is 10.1 Å². The van der Waals surface area contributed by atoms with E-state index in [0.29, 0.717) is 5.69 Å². The summed E-state index contributed by atoms with van der Waals surface area (Å²) < 4.78 is 44.9. The lowest BCUT2D eigenvalue weighted by atomic mass is 9.94. The molecule has 0 bridgehead atoms. The van der Waals surface area contributed by atoms with E-state index in [1.807, 2.05) is 57.2 Å². The molecule has 4 aromatic carbocycles. The molecule has 1 N–H and O–H groups in total. The van der Waals surface area contributed by atoms with Crippen LogP contribution in [-0.2, 0) is 32.6 Å². The number of rotatable bonds is 12. The second-order valence-electron chi connectivity index (χ2n) is 12.8. The first-order valence-electron chi connectivity index (χ1n) is 16.6. The Morgan fingerprint density at radius 1 is 0.812 bits per heavy atom. The van der Waals surface area contributed by atoms with Crippen molar-refractivity contribution in [2.45, 2.75) is 82.8 Å². The molecule has 4 aromatic rings. The number of nitrogens with zero attached hydrogens (tertiary/aromatic N) is 2. The topological polar surface area (TPSA) is 86.8 Å². The fraction of sp³-hybridized carbons (Fsp3) is 0.333. The molecular weight excluding hydrogens is 626 g/mol. The molecule has 1 aliphatic rings. The minimum absolute atomic E-state index is 0.0244. The number of carbonyl (C=O) groups is 2. The van der Waals surface area contributed by atoms with Crippen LogP contribution in [0.1, 0.15) is 59.9 Å². The largest absolute Gasteiger partial charge is 0.352 e. The van der Waals surface area contributed by atoms with Crippen molar-refractivity contribution in [3.05, 3.63) is 131 Å². The smallest absolute Gasteiger partial charge is 0.264 e. The third-order valence-corrected chi connectivity index (χ3v) is 10.7. The molecule has 0 aromatic heterocycles. The molecular formula is C39H44FN3O4S. The third-order valence-electron chi connectivity index (χ3n) is 8.90. The van der Waals surface area contributed by atoms with Gasteiger partial charge in [-0.2, -0.15) is 0 Å². The second-order valence-corrected chi connectivity index (χ2v) is 14.7. The molecule has 0 heterocycles. The van der Waals surface area contributed by atoms with Crippen molar-refractivity contribution < 1.29 is 22.4 Å². The van der Waals surface area contributed by atoms with Crippen molar-refractivity contribution in [3.63, 3.8) is 0 Å². The molecule has 2 amide bonds. The molecule has 48 heavy (non-hydrogen) atoms. The monoisotopic (exact) mass is 669 g/mol. The zero-order valence-corrected chi connectivity index (χ0v) is 28.7. The minimum atomic E-state index is -4.23. The molecule has 0 spiro atoms. The van der Waals surface area contributed by atoms with Crippen molar-refractivity contribution in [1.29, 1.82) is 0 Å². The number of halogens is 1. The average molecular weight is 670 g/mol. The van der Waals surface area contributed by atoms with Crippen LogP contribution < -0.4 is 9.62 Å². The van der Waals surface area contributed by atoms with Gasteiger partial charge in [-0.15, -0.1) is 0 Å². The lowest BCUT2D eigenvalue weighted by molar-refractivity contribution is -0.140. The predicted octanol–water partition coefficient (Wildman–Crippen LogP) is 7.04. The SMILES string of the molecule is Cc1ccc(S(=O)(=O)N(CC(=O)N(Cc2ccccc2F)[C@@H](Cc2ccccc2)C(=O)NC2CCCCC2)c2cc(C)cc(C)c2)cc1. The van der Waals surface area contributed by atoms with Gasteiger partial charge in [0.15, 0.2) is 0 Å². The zero-order chi connectivity index (χ0) is 34.3. The molecule has 0 radical (unpaired) electrons. The lowest BCUT2D eigenvalue weighted by Gasteiger charge is -2.35. The second kappa shape index (κ2) is 15.6. The van der Waals surface area contributed by atoms with Gasteiger partial charge in [0.1, 0.15) is 18.4 Å². The van der Waals surface area contributed by atoms with Gasteiger partial charge in [0, 0.05) is 24.6 Å². The van der Waals surface area contributed by atoms with E-state index >= 15 is 4.39 Å². The molecule has 0 saturated heterocycles. The number of amides is 2. The highest BCUT2D eigenvalue weighted by molar-refractivity contribution is 7.92. The summed E-state index contributed by atoms with van der Waals surface area (Å²) in [5, 5.41) is 3.18. The number of anilines is 1. The van der Waals surface area contributed by atoms with Gasteiger partial charge in [0.2, 0.25) is 11.8 Å². The van der Waals surface area contributed by atoms with Crippen LogP contribution in [0, 0.1) is 26.6 Å². The van der Waals surface area contributed by atoms with Crippen LogP contribution in [0.15, 0.2) is 102 Å². The molecule has 5 rings (SSSR count). The first-order valence-corrected chi connectivity index (χ1v) is 18.0. The van der Waals surface area contributed by atoms with Crippen LogP contribution in [-0.4, -0.2) is 43.8 Å². The van der Waals surface area contributed by atoms with Crippen molar-refractivity contribution in [3.8, 4) is 0 Å². The van der Waals surface area contributed by atoms with Crippen molar-refractivity contribution in [2.75, 3.05) is 10.8 Å². The van der Waals surface area contributed by atoms with E-state index < -0.39 is 34.3 Å². The third kappa shape index (κ3) is 8.69. The van der Waals surface area contributed by atoms with E-state index in [1.165, 1.54) is 23.1 Å². The molecule has 9 heteroatoms. The van der Waals surface area contributed by atoms with E-state index in [-0.39, 0.29) is 35.4 Å². The molecule has 1 fully saturated rings.